The Hall–Kier alpha value is -2.43. The van der Waals surface area contributed by atoms with Crippen LogP contribution in [-0.4, -0.2) is 71.9 Å². The van der Waals surface area contributed by atoms with E-state index in [1.165, 1.54) is 12.5 Å². The summed E-state index contributed by atoms with van der Waals surface area (Å²) in [5.74, 6) is -4.44. The molecular weight excluding hydrogens is 546 g/mol. The van der Waals surface area contributed by atoms with Crippen molar-refractivity contribution in [2.45, 2.75) is 103 Å². The molecule has 1 aromatic carbocycles. The molecule has 2 bridgehead atoms. The summed E-state index contributed by atoms with van der Waals surface area (Å²) in [5, 5.41) is 57.5. The Kier molecular flexibility index (Phi) is 6.78. The Bertz CT molecular complexity index is 1440. The molecule has 3 aliphatic carbocycles. The standard InChI is InChI=1S/C34H47N3O6/c1-18(2)22-13-14-25-32-17-43-34(42,33(25,19(3)38)27(22)39)29(41)26(32)31(7,8)15-24(28(32)40)37-16-23(35-36-37)20-9-11-21(12-10-20)30(4,5)6/h9-12,16,22,24-29,39-42H,1,13-15,17H2,2-8H3/t22-,24-,25-,26+,27+,28+,29-,32-,33+,34-/m0/s1. The molecule has 2 aromatic rings. The van der Waals surface area contributed by atoms with Crippen LogP contribution in [0.3, 0.4) is 0 Å². The van der Waals surface area contributed by atoms with Crippen molar-refractivity contribution in [3.8, 4) is 11.3 Å². The van der Waals surface area contributed by atoms with Gasteiger partial charge in [0.15, 0.2) is 0 Å². The number of aromatic nitrogens is 3. The van der Waals surface area contributed by atoms with Gasteiger partial charge in [-0.25, -0.2) is 4.68 Å². The Morgan fingerprint density at radius 2 is 1.70 bits per heavy atom. The monoisotopic (exact) mass is 593 g/mol. The topological polar surface area (TPSA) is 138 Å². The predicted octanol–water partition coefficient (Wildman–Crippen LogP) is 3.81. The molecule has 9 heteroatoms. The van der Waals surface area contributed by atoms with E-state index in [0.717, 1.165) is 5.56 Å². The number of ether oxygens (including phenoxy) is 1. The molecule has 3 saturated carbocycles. The molecule has 2 saturated heterocycles. The van der Waals surface area contributed by atoms with Crippen molar-refractivity contribution in [3.63, 3.8) is 0 Å². The number of aliphatic hydroxyl groups excluding tert-OH is 3. The van der Waals surface area contributed by atoms with Gasteiger partial charge in [0.25, 0.3) is 0 Å². The SMILES string of the molecule is C=C(C)[C@@H]1CC[C@H]2[C@@]34CO[C@@](O)([C@@H](O)[C@@H]3C(C)(C)C[C@H](n3cc(-c5ccc(C(C)(C)C)cc5)nn3)[C@H]4O)[C@@]2(C(C)=O)[C@@H]1O. The number of fused-ring (bicyclic) bond motifs is 1. The zero-order valence-electron chi connectivity index (χ0n) is 26.4. The van der Waals surface area contributed by atoms with Crippen molar-refractivity contribution in [2.75, 3.05) is 6.61 Å². The highest BCUT2D eigenvalue weighted by Gasteiger charge is 2.85. The van der Waals surface area contributed by atoms with Crippen LogP contribution in [0.4, 0.5) is 0 Å². The van der Waals surface area contributed by atoms with Crippen molar-refractivity contribution >= 4 is 5.78 Å². The van der Waals surface area contributed by atoms with E-state index < -0.39 is 69.9 Å². The minimum absolute atomic E-state index is 0.0226. The van der Waals surface area contributed by atoms with Crippen LogP contribution in [0.1, 0.15) is 79.3 Å². The lowest BCUT2D eigenvalue weighted by molar-refractivity contribution is -0.464. The second kappa shape index (κ2) is 9.54. The van der Waals surface area contributed by atoms with E-state index in [0.29, 0.717) is 30.5 Å². The molecule has 0 amide bonds. The summed E-state index contributed by atoms with van der Waals surface area (Å²) in [6.07, 6.45) is -0.617. The largest absolute Gasteiger partial charge is 0.391 e. The average Bonchev–Trinajstić information content (AvgIpc) is 3.41. The summed E-state index contributed by atoms with van der Waals surface area (Å²) in [7, 11) is 0. The first kappa shape index (κ1) is 30.6. The molecule has 234 valence electrons. The maximum absolute atomic E-state index is 13.8. The minimum atomic E-state index is -2.30. The van der Waals surface area contributed by atoms with E-state index in [-0.39, 0.29) is 12.0 Å². The molecule has 1 aromatic heterocycles. The predicted molar refractivity (Wildman–Crippen MR) is 161 cm³/mol. The number of aliphatic hydroxyl groups is 4. The van der Waals surface area contributed by atoms with Crippen molar-refractivity contribution in [2.24, 2.45) is 34.0 Å². The number of hydrogen-bond acceptors (Lipinski definition) is 8. The zero-order valence-corrected chi connectivity index (χ0v) is 26.4. The van der Waals surface area contributed by atoms with Gasteiger partial charge < -0.3 is 25.2 Å². The van der Waals surface area contributed by atoms with Gasteiger partial charge in [0.1, 0.15) is 23.0 Å². The summed E-state index contributed by atoms with van der Waals surface area (Å²) in [6.45, 7) is 17.7. The van der Waals surface area contributed by atoms with E-state index in [1.54, 1.807) is 11.6 Å². The highest BCUT2D eigenvalue weighted by Crippen LogP contribution is 2.75. The van der Waals surface area contributed by atoms with Crippen LogP contribution in [0, 0.1) is 34.0 Å². The van der Waals surface area contributed by atoms with E-state index in [4.69, 9.17) is 4.74 Å². The number of benzene rings is 1. The fourth-order valence-electron chi connectivity index (χ4n) is 9.96. The summed E-state index contributed by atoms with van der Waals surface area (Å²) in [6, 6.07) is 7.70. The number of ketones is 1. The van der Waals surface area contributed by atoms with Gasteiger partial charge in [0.05, 0.1) is 31.1 Å². The molecule has 2 aliphatic heterocycles. The molecular formula is C34H47N3O6. The minimum Gasteiger partial charge on any atom is -0.391 e. The molecule has 7 rings (SSSR count). The molecule has 0 unspecified atom stereocenters. The van der Waals surface area contributed by atoms with Gasteiger partial charge in [-0.15, -0.1) is 5.10 Å². The smallest absolute Gasteiger partial charge is 0.208 e. The average molecular weight is 594 g/mol. The molecule has 43 heavy (non-hydrogen) atoms. The fourth-order valence-corrected chi connectivity index (χ4v) is 9.96. The lowest BCUT2D eigenvalue weighted by Crippen LogP contribution is -2.87. The summed E-state index contributed by atoms with van der Waals surface area (Å²) >= 11 is 0. The number of rotatable bonds is 4. The number of carbonyl (C=O) groups is 1. The van der Waals surface area contributed by atoms with Gasteiger partial charge in [0.2, 0.25) is 5.79 Å². The molecule has 9 nitrogen and oxygen atoms in total. The first-order chi connectivity index (χ1) is 19.9. The van der Waals surface area contributed by atoms with Crippen LogP contribution in [0.5, 0.6) is 0 Å². The van der Waals surface area contributed by atoms with Gasteiger partial charge in [-0.05, 0) is 55.4 Å². The summed E-state index contributed by atoms with van der Waals surface area (Å²) in [4.78, 5) is 13.8. The molecule has 0 radical (unpaired) electrons. The fraction of sp³-hybridized carbons (Fsp3) is 0.676. The van der Waals surface area contributed by atoms with E-state index >= 15 is 0 Å². The van der Waals surface area contributed by atoms with Crippen molar-refractivity contribution < 1.29 is 30.0 Å². The van der Waals surface area contributed by atoms with Crippen LogP contribution in [0.25, 0.3) is 11.3 Å². The number of hydrogen-bond donors (Lipinski definition) is 4. The van der Waals surface area contributed by atoms with E-state index in [2.05, 4.69) is 49.8 Å². The zero-order chi connectivity index (χ0) is 31.5. The third-order valence-corrected chi connectivity index (χ3v) is 11.8. The quantitative estimate of drug-likeness (QED) is 0.393. The van der Waals surface area contributed by atoms with Crippen molar-refractivity contribution in [1.29, 1.82) is 0 Å². The van der Waals surface area contributed by atoms with Crippen LogP contribution in [0.15, 0.2) is 42.6 Å². The normalized spacial score (nSPS) is 41.8. The van der Waals surface area contributed by atoms with E-state index in [1.807, 2.05) is 32.2 Å². The lowest BCUT2D eigenvalue weighted by Gasteiger charge is -2.76. The molecule has 10 atom stereocenters. The number of carbonyl (C=O) groups excluding carboxylic acids is 1. The molecule has 3 heterocycles. The van der Waals surface area contributed by atoms with Crippen LogP contribution in [-0.2, 0) is 14.9 Å². The van der Waals surface area contributed by atoms with Gasteiger partial charge >= 0.3 is 0 Å². The maximum atomic E-state index is 13.8. The Balaban J connectivity index is 1.45. The second-order valence-electron chi connectivity index (χ2n) is 15.6. The molecule has 4 N–H and O–H groups in total. The maximum Gasteiger partial charge on any atom is 0.208 e. The van der Waals surface area contributed by atoms with Crippen LogP contribution in [0.2, 0.25) is 0 Å². The van der Waals surface area contributed by atoms with Crippen molar-refractivity contribution in [1.82, 2.24) is 15.0 Å². The van der Waals surface area contributed by atoms with Gasteiger partial charge in [0, 0.05) is 22.8 Å². The summed E-state index contributed by atoms with van der Waals surface area (Å²) in [5.41, 5.74) is -0.0325. The molecule has 1 spiro atoms. The second-order valence-corrected chi connectivity index (χ2v) is 15.6. The third-order valence-electron chi connectivity index (χ3n) is 11.8. The first-order valence-electron chi connectivity index (χ1n) is 15.5. The van der Waals surface area contributed by atoms with Gasteiger partial charge in [-0.3, -0.25) is 4.79 Å². The Labute approximate surface area is 254 Å². The highest BCUT2D eigenvalue weighted by atomic mass is 16.6. The van der Waals surface area contributed by atoms with Crippen LogP contribution < -0.4 is 0 Å². The van der Waals surface area contributed by atoms with E-state index in [9.17, 15) is 25.2 Å². The molecule has 5 aliphatic rings. The van der Waals surface area contributed by atoms with Crippen molar-refractivity contribution in [3.05, 3.63) is 48.2 Å². The van der Waals surface area contributed by atoms with Crippen LogP contribution >= 0.6 is 0 Å². The first-order valence-corrected chi connectivity index (χ1v) is 15.5. The summed E-state index contributed by atoms with van der Waals surface area (Å²) < 4.78 is 7.83. The van der Waals surface area contributed by atoms with Gasteiger partial charge in [-0.2, -0.15) is 0 Å². The number of nitrogens with zero attached hydrogens (tertiary/aromatic N) is 3. The number of Topliss-reactive ketones (excluding diaryl/α,β-unsaturated/α-hetero) is 1. The third kappa shape index (κ3) is 3.84. The Morgan fingerprint density at radius 1 is 1.05 bits per heavy atom. The lowest BCUT2D eigenvalue weighted by atomic mass is 9.33. The van der Waals surface area contributed by atoms with Gasteiger partial charge in [-0.1, -0.05) is 76.2 Å². The Morgan fingerprint density at radius 3 is 2.28 bits per heavy atom. The highest BCUT2D eigenvalue weighted by molar-refractivity contribution is 5.86. The molecule has 5 fully saturated rings.